The first kappa shape index (κ1) is 14.7. The Morgan fingerprint density at radius 1 is 1.50 bits per heavy atom. The lowest BCUT2D eigenvalue weighted by Gasteiger charge is -2.19. The fourth-order valence-corrected chi connectivity index (χ4v) is 1.85. The molecule has 0 saturated carbocycles. The molecule has 0 saturated heterocycles. The summed E-state index contributed by atoms with van der Waals surface area (Å²) in [6.45, 7) is 7.88. The third kappa shape index (κ3) is 4.51. The minimum absolute atomic E-state index is 0.0382. The average molecular weight is 267 g/mol. The number of benzene rings is 1. The number of carbonyl (C=O) groups is 1. The van der Waals surface area contributed by atoms with Gasteiger partial charge in [0.1, 0.15) is 0 Å². The van der Waals surface area contributed by atoms with Gasteiger partial charge in [-0.15, -0.1) is 6.58 Å². The summed E-state index contributed by atoms with van der Waals surface area (Å²) in [5.74, 6) is -0.0382. The molecule has 1 aromatic carbocycles. The molecule has 18 heavy (non-hydrogen) atoms. The van der Waals surface area contributed by atoms with Crippen molar-refractivity contribution in [3.05, 3.63) is 47.5 Å². The first-order valence-corrected chi connectivity index (χ1v) is 6.32. The molecule has 3 nitrogen and oxygen atoms in total. The predicted octanol–water partition coefficient (Wildman–Crippen LogP) is 2.68. The number of hydrogen-bond acceptors (Lipinski definition) is 2. The topological polar surface area (TPSA) is 41.1 Å². The number of amides is 1. The molecule has 1 aromatic rings. The second-order valence-corrected chi connectivity index (χ2v) is 4.64. The second kappa shape index (κ2) is 7.19. The van der Waals surface area contributed by atoms with Crippen molar-refractivity contribution >= 4 is 17.5 Å². The molecule has 0 radical (unpaired) electrons. The van der Waals surface area contributed by atoms with Crippen LogP contribution in [0.5, 0.6) is 0 Å². The van der Waals surface area contributed by atoms with E-state index in [1.165, 1.54) is 0 Å². The van der Waals surface area contributed by atoms with Crippen LogP contribution in [0.3, 0.4) is 0 Å². The van der Waals surface area contributed by atoms with Gasteiger partial charge in [0, 0.05) is 17.6 Å². The fourth-order valence-electron chi connectivity index (χ4n) is 1.65. The zero-order valence-corrected chi connectivity index (χ0v) is 11.5. The number of carbonyl (C=O) groups excluding carboxylic acids is 1. The normalized spacial score (nSPS) is 13.7. The summed E-state index contributed by atoms with van der Waals surface area (Å²) in [7, 11) is 0. The molecule has 4 heteroatoms. The van der Waals surface area contributed by atoms with E-state index in [0.29, 0.717) is 11.6 Å². The maximum absolute atomic E-state index is 11.7. The van der Waals surface area contributed by atoms with Crippen molar-refractivity contribution in [1.82, 2.24) is 10.6 Å². The van der Waals surface area contributed by atoms with Gasteiger partial charge in [-0.25, -0.2) is 0 Å². The molecular weight excluding hydrogens is 248 g/mol. The summed E-state index contributed by atoms with van der Waals surface area (Å²) < 4.78 is 0. The summed E-state index contributed by atoms with van der Waals surface area (Å²) in [5, 5.41) is 6.68. The van der Waals surface area contributed by atoms with Crippen LogP contribution in [0, 0.1) is 0 Å². The van der Waals surface area contributed by atoms with Crippen molar-refractivity contribution in [1.29, 1.82) is 0 Å². The zero-order chi connectivity index (χ0) is 13.5. The van der Waals surface area contributed by atoms with Crippen LogP contribution in [0.15, 0.2) is 36.9 Å². The largest absolute Gasteiger partial charge is 0.351 e. The molecule has 2 N–H and O–H groups in total. The smallest absolute Gasteiger partial charge is 0.237 e. The molecule has 2 atom stereocenters. The Labute approximate surface area is 113 Å². The van der Waals surface area contributed by atoms with Crippen molar-refractivity contribution in [2.45, 2.75) is 25.9 Å². The van der Waals surface area contributed by atoms with Gasteiger partial charge in [0.05, 0.1) is 6.04 Å². The predicted molar refractivity (Wildman–Crippen MR) is 75.7 cm³/mol. The van der Waals surface area contributed by atoms with Gasteiger partial charge in [0.2, 0.25) is 5.91 Å². The van der Waals surface area contributed by atoms with Crippen molar-refractivity contribution in [3.8, 4) is 0 Å². The standard InChI is InChI=1S/C14H19ClN2O/c1-4-8-16-14(18)11(3)17-10(2)12-6-5-7-13(15)9-12/h4-7,9-11,17H,1,8H2,2-3H3,(H,16,18)/t10-,11?/m0/s1. The highest BCUT2D eigenvalue weighted by molar-refractivity contribution is 6.30. The Morgan fingerprint density at radius 2 is 2.22 bits per heavy atom. The number of halogens is 1. The van der Waals surface area contributed by atoms with E-state index < -0.39 is 0 Å². The third-order valence-corrected chi connectivity index (χ3v) is 2.90. The zero-order valence-electron chi connectivity index (χ0n) is 10.7. The molecule has 0 bridgehead atoms. The maximum atomic E-state index is 11.7. The lowest BCUT2D eigenvalue weighted by atomic mass is 10.1. The van der Waals surface area contributed by atoms with Gasteiger partial charge in [-0.05, 0) is 31.5 Å². The summed E-state index contributed by atoms with van der Waals surface area (Å²) >= 11 is 5.94. The van der Waals surface area contributed by atoms with E-state index in [1.54, 1.807) is 6.08 Å². The Balaban J connectivity index is 2.56. The van der Waals surface area contributed by atoms with E-state index in [0.717, 1.165) is 5.56 Å². The lowest BCUT2D eigenvalue weighted by Crippen LogP contribution is -2.43. The van der Waals surface area contributed by atoms with E-state index in [4.69, 9.17) is 11.6 Å². The van der Waals surface area contributed by atoms with E-state index in [1.807, 2.05) is 38.1 Å². The van der Waals surface area contributed by atoms with Crippen LogP contribution in [-0.4, -0.2) is 18.5 Å². The summed E-state index contributed by atoms with van der Waals surface area (Å²) in [6, 6.07) is 7.41. The quantitative estimate of drug-likeness (QED) is 0.778. The Bertz CT molecular complexity index is 420. The third-order valence-electron chi connectivity index (χ3n) is 2.66. The monoisotopic (exact) mass is 266 g/mol. The fraction of sp³-hybridized carbons (Fsp3) is 0.357. The molecule has 0 aliphatic rings. The molecule has 0 fully saturated rings. The van der Waals surface area contributed by atoms with Crippen LogP contribution >= 0.6 is 11.6 Å². The van der Waals surface area contributed by atoms with Crippen LogP contribution in [0.2, 0.25) is 5.02 Å². The first-order valence-electron chi connectivity index (χ1n) is 5.94. The number of nitrogens with one attached hydrogen (secondary N) is 2. The van der Waals surface area contributed by atoms with E-state index >= 15 is 0 Å². The molecule has 0 aliphatic carbocycles. The highest BCUT2D eigenvalue weighted by Gasteiger charge is 2.15. The molecule has 0 heterocycles. The molecule has 1 unspecified atom stereocenters. The van der Waals surface area contributed by atoms with Gasteiger partial charge >= 0.3 is 0 Å². The first-order chi connectivity index (χ1) is 8.54. The molecule has 1 amide bonds. The summed E-state index contributed by atoms with van der Waals surface area (Å²) in [5.41, 5.74) is 1.06. The summed E-state index contributed by atoms with van der Waals surface area (Å²) in [4.78, 5) is 11.7. The molecule has 0 aliphatic heterocycles. The van der Waals surface area contributed by atoms with Gasteiger partial charge < -0.3 is 5.32 Å². The Kier molecular flexibility index (Phi) is 5.89. The van der Waals surface area contributed by atoms with Crippen molar-refractivity contribution in [2.24, 2.45) is 0 Å². The van der Waals surface area contributed by atoms with Gasteiger partial charge in [-0.2, -0.15) is 0 Å². The summed E-state index contributed by atoms with van der Waals surface area (Å²) in [6.07, 6.45) is 1.66. The minimum atomic E-state index is -0.265. The van der Waals surface area contributed by atoms with E-state index in [2.05, 4.69) is 17.2 Å². The number of hydrogen-bond donors (Lipinski definition) is 2. The minimum Gasteiger partial charge on any atom is -0.351 e. The van der Waals surface area contributed by atoms with Gasteiger partial charge in [-0.3, -0.25) is 10.1 Å². The second-order valence-electron chi connectivity index (χ2n) is 4.20. The molecule has 1 rings (SSSR count). The lowest BCUT2D eigenvalue weighted by molar-refractivity contribution is -0.122. The molecular formula is C14H19ClN2O. The number of rotatable bonds is 6. The highest BCUT2D eigenvalue weighted by Crippen LogP contribution is 2.17. The van der Waals surface area contributed by atoms with Crippen LogP contribution in [-0.2, 0) is 4.79 Å². The molecule has 98 valence electrons. The van der Waals surface area contributed by atoms with Crippen LogP contribution in [0.4, 0.5) is 0 Å². The Hall–Kier alpha value is -1.32. The highest BCUT2D eigenvalue weighted by atomic mass is 35.5. The van der Waals surface area contributed by atoms with Crippen molar-refractivity contribution in [2.75, 3.05) is 6.54 Å². The van der Waals surface area contributed by atoms with Gasteiger partial charge in [0.15, 0.2) is 0 Å². The molecule has 0 spiro atoms. The van der Waals surface area contributed by atoms with Crippen LogP contribution < -0.4 is 10.6 Å². The van der Waals surface area contributed by atoms with Crippen LogP contribution in [0.1, 0.15) is 25.5 Å². The van der Waals surface area contributed by atoms with Crippen LogP contribution in [0.25, 0.3) is 0 Å². The van der Waals surface area contributed by atoms with Gasteiger partial charge in [-0.1, -0.05) is 29.8 Å². The van der Waals surface area contributed by atoms with Crippen molar-refractivity contribution < 1.29 is 4.79 Å². The SMILES string of the molecule is C=CCNC(=O)C(C)N[C@@H](C)c1cccc(Cl)c1. The van der Waals surface area contributed by atoms with Gasteiger partial charge in [0.25, 0.3) is 0 Å². The average Bonchev–Trinajstić information content (AvgIpc) is 2.35. The van der Waals surface area contributed by atoms with Crippen molar-refractivity contribution in [3.63, 3.8) is 0 Å². The maximum Gasteiger partial charge on any atom is 0.237 e. The molecule has 0 aromatic heterocycles. The Morgan fingerprint density at radius 3 is 2.83 bits per heavy atom. The van der Waals surface area contributed by atoms with E-state index in [9.17, 15) is 4.79 Å². The van der Waals surface area contributed by atoms with E-state index in [-0.39, 0.29) is 18.0 Å².